The largest absolute Gasteiger partial charge is 0.393 e. The minimum absolute atomic E-state index is 0.0612. The van der Waals surface area contributed by atoms with E-state index in [2.05, 4.69) is 5.32 Å². The van der Waals surface area contributed by atoms with Crippen LogP contribution < -0.4 is 11.1 Å². The number of halogens is 3. The van der Waals surface area contributed by atoms with Crippen LogP contribution in [-0.4, -0.2) is 18.6 Å². The van der Waals surface area contributed by atoms with Gasteiger partial charge in [0.1, 0.15) is 0 Å². The van der Waals surface area contributed by atoms with Gasteiger partial charge in [0.15, 0.2) is 0 Å². The molecule has 0 aliphatic carbocycles. The zero-order valence-electron chi connectivity index (χ0n) is 9.76. The molecule has 0 saturated heterocycles. The molecule has 1 aromatic rings. The predicted molar refractivity (Wildman–Crippen MR) is 63.1 cm³/mol. The van der Waals surface area contributed by atoms with Crippen LogP contribution in [0.2, 0.25) is 0 Å². The molecule has 0 fully saturated rings. The Morgan fingerprint density at radius 1 is 1.28 bits per heavy atom. The van der Waals surface area contributed by atoms with Gasteiger partial charge in [-0.05, 0) is 24.6 Å². The van der Waals surface area contributed by atoms with Gasteiger partial charge in [0.25, 0.3) is 0 Å². The molecule has 0 unspecified atom stereocenters. The molecule has 0 aliphatic rings. The summed E-state index contributed by atoms with van der Waals surface area (Å²) in [7, 11) is 0. The van der Waals surface area contributed by atoms with E-state index >= 15 is 0 Å². The Hall–Kier alpha value is -1.56. The van der Waals surface area contributed by atoms with E-state index in [4.69, 9.17) is 5.73 Å². The van der Waals surface area contributed by atoms with E-state index in [9.17, 15) is 18.0 Å². The molecule has 0 bridgehead atoms. The summed E-state index contributed by atoms with van der Waals surface area (Å²) in [5.74, 6) is -0.324. The molecule has 0 saturated carbocycles. The van der Waals surface area contributed by atoms with Crippen LogP contribution in [0.25, 0.3) is 0 Å². The van der Waals surface area contributed by atoms with Gasteiger partial charge in [-0.15, -0.1) is 0 Å². The highest BCUT2D eigenvalue weighted by Gasteiger charge is 2.28. The second-order valence-electron chi connectivity index (χ2n) is 3.89. The van der Waals surface area contributed by atoms with Crippen molar-refractivity contribution in [3.63, 3.8) is 0 Å². The number of rotatable bonds is 5. The van der Waals surface area contributed by atoms with E-state index in [1.165, 1.54) is 18.2 Å². The lowest BCUT2D eigenvalue weighted by molar-refractivity contribution is -0.127. The van der Waals surface area contributed by atoms with E-state index in [0.717, 1.165) is 0 Å². The zero-order valence-corrected chi connectivity index (χ0v) is 9.76. The van der Waals surface area contributed by atoms with Gasteiger partial charge in [0.05, 0.1) is 6.42 Å². The van der Waals surface area contributed by atoms with E-state index in [1.807, 2.05) is 0 Å². The van der Waals surface area contributed by atoms with Crippen LogP contribution in [0.4, 0.5) is 18.9 Å². The van der Waals surface area contributed by atoms with Crippen LogP contribution in [0.3, 0.4) is 0 Å². The first-order valence-electron chi connectivity index (χ1n) is 5.57. The van der Waals surface area contributed by atoms with Crippen molar-refractivity contribution in [2.45, 2.75) is 25.4 Å². The van der Waals surface area contributed by atoms with Crippen molar-refractivity contribution in [1.82, 2.24) is 0 Å². The first-order chi connectivity index (χ1) is 8.42. The highest BCUT2D eigenvalue weighted by Crippen LogP contribution is 2.26. The van der Waals surface area contributed by atoms with Crippen LogP contribution in [0.5, 0.6) is 0 Å². The maximum Gasteiger partial charge on any atom is 0.393 e. The molecular weight excluding hydrogens is 245 g/mol. The van der Waals surface area contributed by atoms with Gasteiger partial charge in [0.2, 0.25) is 5.91 Å². The Kier molecular flexibility index (Phi) is 5.15. The van der Waals surface area contributed by atoms with Gasteiger partial charge < -0.3 is 11.1 Å². The fraction of sp³-hybridized carbons (Fsp3) is 0.417. The highest BCUT2D eigenvalue weighted by atomic mass is 19.4. The van der Waals surface area contributed by atoms with E-state index in [-0.39, 0.29) is 23.6 Å². The lowest BCUT2D eigenvalue weighted by atomic mass is 10.1. The van der Waals surface area contributed by atoms with Crippen molar-refractivity contribution in [3.05, 3.63) is 29.8 Å². The minimum atomic E-state index is -4.29. The van der Waals surface area contributed by atoms with Crippen molar-refractivity contribution in [2.24, 2.45) is 5.73 Å². The average Bonchev–Trinajstić information content (AvgIpc) is 2.27. The van der Waals surface area contributed by atoms with Crippen molar-refractivity contribution in [3.8, 4) is 0 Å². The molecule has 6 heteroatoms. The predicted octanol–water partition coefficient (Wildman–Crippen LogP) is 2.47. The molecule has 1 rings (SSSR count). The standard InChI is InChI=1S/C12H15F3N2O/c13-12(14,15)8-9-4-1-2-5-10(9)17-11(18)6-3-7-16/h1-2,4-5H,3,6-8,16H2,(H,17,18). The highest BCUT2D eigenvalue weighted by molar-refractivity contribution is 5.91. The SMILES string of the molecule is NCCCC(=O)Nc1ccccc1CC(F)(F)F. The molecule has 3 N–H and O–H groups in total. The summed E-state index contributed by atoms with van der Waals surface area (Å²) >= 11 is 0. The Labute approximate surface area is 103 Å². The number of hydrogen-bond acceptors (Lipinski definition) is 2. The molecule has 18 heavy (non-hydrogen) atoms. The quantitative estimate of drug-likeness (QED) is 0.854. The molecule has 0 radical (unpaired) electrons. The van der Waals surface area contributed by atoms with E-state index < -0.39 is 12.6 Å². The second kappa shape index (κ2) is 6.39. The minimum Gasteiger partial charge on any atom is -0.330 e. The van der Waals surface area contributed by atoms with Crippen LogP contribution >= 0.6 is 0 Å². The third kappa shape index (κ3) is 5.18. The van der Waals surface area contributed by atoms with Crippen molar-refractivity contribution in [2.75, 3.05) is 11.9 Å². The molecule has 1 amide bonds. The smallest absolute Gasteiger partial charge is 0.330 e. The van der Waals surface area contributed by atoms with Crippen LogP contribution in [0.1, 0.15) is 18.4 Å². The Balaban J connectivity index is 2.73. The number of anilines is 1. The summed E-state index contributed by atoms with van der Waals surface area (Å²) in [5.41, 5.74) is 5.52. The van der Waals surface area contributed by atoms with Crippen molar-refractivity contribution < 1.29 is 18.0 Å². The summed E-state index contributed by atoms with van der Waals surface area (Å²) in [6, 6.07) is 5.91. The summed E-state index contributed by atoms with van der Waals surface area (Å²) < 4.78 is 37.0. The van der Waals surface area contributed by atoms with Crippen LogP contribution in [-0.2, 0) is 11.2 Å². The first-order valence-corrected chi connectivity index (χ1v) is 5.57. The Bertz CT molecular complexity index is 405. The third-order valence-corrected chi connectivity index (χ3v) is 2.29. The molecule has 0 aliphatic heterocycles. The normalized spacial score (nSPS) is 11.3. The molecule has 0 aromatic heterocycles. The number of alkyl halides is 3. The summed E-state index contributed by atoms with van der Waals surface area (Å²) in [6.07, 6.45) is -4.64. The molecule has 0 atom stereocenters. The fourth-order valence-electron chi connectivity index (χ4n) is 1.49. The lowest BCUT2D eigenvalue weighted by Gasteiger charge is -2.12. The number of carbonyl (C=O) groups is 1. The number of hydrogen-bond donors (Lipinski definition) is 2. The monoisotopic (exact) mass is 260 g/mol. The summed E-state index contributed by atoms with van der Waals surface area (Å²) in [5, 5.41) is 2.47. The van der Waals surface area contributed by atoms with Gasteiger partial charge >= 0.3 is 6.18 Å². The lowest BCUT2D eigenvalue weighted by Crippen LogP contribution is -2.17. The van der Waals surface area contributed by atoms with Crippen LogP contribution in [0, 0.1) is 0 Å². The zero-order chi connectivity index (χ0) is 13.6. The molecular formula is C12H15F3N2O. The van der Waals surface area contributed by atoms with Gasteiger partial charge in [-0.2, -0.15) is 13.2 Å². The Morgan fingerprint density at radius 2 is 1.94 bits per heavy atom. The molecule has 1 aromatic carbocycles. The van der Waals surface area contributed by atoms with Crippen molar-refractivity contribution in [1.29, 1.82) is 0 Å². The molecule has 0 spiro atoms. The number of para-hydroxylation sites is 1. The number of amides is 1. The molecule has 3 nitrogen and oxygen atoms in total. The number of benzene rings is 1. The van der Waals surface area contributed by atoms with E-state index in [1.54, 1.807) is 6.07 Å². The van der Waals surface area contributed by atoms with Crippen LogP contribution in [0.15, 0.2) is 24.3 Å². The number of nitrogens with one attached hydrogen (secondary N) is 1. The maximum absolute atomic E-state index is 12.3. The Morgan fingerprint density at radius 3 is 2.56 bits per heavy atom. The fourth-order valence-corrected chi connectivity index (χ4v) is 1.49. The van der Waals surface area contributed by atoms with E-state index in [0.29, 0.717) is 13.0 Å². The van der Waals surface area contributed by atoms with Crippen molar-refractivity contribution >= 4 is 11.6 Å². The van der Waals surface area contributed by atoms with Gasteiger partial charge in [-0.3, -0.25) is 4.79 Å². The summed E-state index contributed by atoms with van der Waals surface area (Å²) in [6.45, 7) is 0.373. The number of carbonyl (C=O) groups excluding carboxylic acids is 1. The van der Waals surface area contributed by atoms with Gasteiger partial charge in [-0.25, -0.2) is 0 Å². The molecule has 0 heterocycles. The topological polar surface area (TPSA) is 55.1 Å². The summed E-state index contributed by atoms with van der Waals surface area (Å²) in [4.78, 5) is 11.4. The first kappa shape index (κ1) is 14.5. The second-order valence-corrected chi connectivity index (χ2v) is 3.89. The number of nitrogens with two attached hydrogens (primary N) is 1. The van der Waals surface area contributed by atoms with Gasteiger partial charge in [0, 0.05) is 12.1 Å². The maximum atomic E-state index is 12.3. The average molecular weight is 260 g/mol. The molecule has 100 valence electrons. The third-order valence-electron chi connectivity index (χ3n) is 2.29. The van der Waals surface area contributed by atoms with Gasteiger partial charge in [-0.1, -0.05) is 18.2 Å².